The van der Waals surface area contributed by atoms with Crippen molar-refractivity contribution in [3.8, 4) is 5.75 Å². The summed E-state index contributed by atoms with van der Waals surface area (Å²) in [7, 11) is 2.02. The van der Waals surface area contributed by atoms with E-state index in [1.165, 1.54) is 5.56 Å². The standard InChI is InChI=1S/C15H25NOS/c1-5-10-17-14-8-6-13(7-9-14)15(16-4)11-18-12(2)3/h6-9,12,15-16H,5,10-11H2,1-4H3. The lowest BCUT2D eigenvalue weighted by atomic mass is 10.1. The van der Waals surface area contributed by atoms with Gasteiger partial charge in [0.1, 0.15) is 5.75 Å². The van der Waals surface area contributed by atoms with Crippen LogP contribution >= 0.6 is 11.8 Å². The molecule has 0 spiro atoms. The Morgan fingerprint density at radius 2 is 1.89 bits per heavy atom. The molecule has 0 aliphatic heterocycles. The molecule has 1 N–H and O–H groups in total. The van der Waals surface area contributed by atoms with Crippen LogP contribution in [-0.2, 0) is 0 Å². The van der Waals surface area contributed by atoms with E-state index in [1.807, 2.05) is 18.8 Å². The first-order chi connectivity index (χ1) is 8.67. The maximum absolute atomic E-state index is 5.60. The van der Waals surface area contributed by atoms with Crippen molar-refractivity contribution in [3.63, 3.8) is 0 Å². The Balaban J connectivity index is 2.57. The fourth-order valence-electron chi connectivity index (χ4n) is 1.65. The number of benzene rings is 1. The monoisotopic (exact) mass is 267 g/mol. The summed E-state index contributed by atoms with van der Waals surface area (Å²) in [6.45, 7) is 7.38. The van der Waals surface area contributed by atoms with Gasteiger partial charge in [0.25, 0.3) is 0 Å². The highest BCUT2D eigenvalue weighted by Crippen LogP contribution is 2.23. The molecule has 0 aliphatic rings. The minimum Gasteiger partial charge on any atom is -0.494 e. The maximum atomic E-state index is 5.60. The quantitative estimate of drug-likeness (QED) is 0.772. The van der Waals surface area contributed by atoms with Gasteiger partial charge in [-0.1, -0.05) is 32.9 Å². The smallest absolute Gasteiger partial charge is 0.119 e. The lowest BCUT2D eigenvalue weighted by molar-refractivity contribution is 0.317. The second-order valence-corrected chi connectivity index (χ2v) is 6.25. The van der Waals surface area contributed by atoms with Crippen molar-refractivity contribution in [2.45, 2.75) is 38.5 Å². The van der Waals surface area contributed by atoms with Crippen LogP contribution in [0.2, 0.25) is 0 Å². The van der Waals surface area contributed by atoms with Crippen LogP contribution in [0.3, 0.4) is 0 Å². The van der Waals surface area contributed by atoms with Crippen molar-refractivity contribution in [1.82, 2.24) is 5.32 Å². The topological polar surface area (TPSA) is 21.3 Å². The molecule has 102 valence electrons. The van der Waals surface area contributed by atoms with Gasteiger partial charge in [0, 0.05) is 11.8 Å². The van der Waals surface area contributed by atoms with E-state index in [2.05, 4.69) is 50.4 Å². The van der Waals surface area contributed by atoms with E-state index in [0.717, 1.165) is 24.5 Å². The van der Waals surface area contributed by atoms with Gasteiger partial charge in [-0.2, -0.15) is 11.8 Å². The van der Waals surface area contributed by atoms with Crippen molar-refractivity contribution in [3.05, 3.63) is 29.8 Å². The van der Waals surface area contributed by atoms with E-state index in [4.69, 9.17) is 4.74 Å². The van der Waals surface area contributed by atoms with Gasteiger partial charge in [0.05, 0.1) is 6.61 Å². The van der Waals surface area contributed by atoms with Crippen LogP contribution < -0.4 is 10.1 Å². The average molecular weight is 267 g/mol. The Morgan fingerprint density at radius 3 is 2.39 bits per heavy atom. The van der Waals surface area contributed by atoms with E-state index < -0.39 is 0 Å². The zero-order valence-electron chi connectivity index (χ0n) is 11.9. The number of hydrogen-bond acceptors (Lipinski definition) is 3. The summed E-state index contributed by atoms with van der Waals surface area (Å²) in [6.07, 6.45) is 1.05. The van der Waals surface area contributed by atoms with Crippen molar-refractivity contribution in [1.29, 1.82) is 0 Å². The second kappa shape index (κ2) is 8.44. The first-order valence-electron chi connectivity index (χ1n) is 6.69. The van der Waals surface area contributed by atoms with Crippen molar-refractivity contribution in [2.75, 3.05) is 19.4 Å². The minimum absolute atomic E-state index is 0.414. The molecule has 1 atom stereocenters. The molecule has 1 rings (SSSR count). The Morgan fingerprint density at radius 1 is 1.22 bits per heavy atom. The largest absolute Gasteiger partial charge is 0.494 e. The molecule has 3 heteroatoms. The third kappa shape index (κ3) is 5.32. The first kappa shape index (κ1) is 15.4. The fraction of sp³-hybridized carbons (Fsp3) is 0.600. The third-order valence-electron chi connectivity index (χ3n) is 2.70. The molecule has 1 unspecified atom stereocenters. The molecule has 2 nitrogen and oxygen atoms in total. The molecule has 18 heavy (non-hydrogen) atoms. The zero-order chi connectivity index (χ0) is 13.4. The Kier molecular flexibility index (Phi) is 7.21. The molecule has 0 heterocycles. The third-order valence-corrected chi connectivity index (χ3v) is 3.89. The normalized spacial score (nSPS) is 12.7. The number of nitrogens with one attached hydrogen (secondary N) is 1. The average Bonchev–Trinajstić information content (AvgIpc) is 2.38. The summed E-state index contributed by atoms with van der Waals surface area (Å²) in [5.74, 6) is 2.07. The van der Waals surface area contributed by atoms with Gasteiger partial charge in [0.15, 0.2) is 0 Å². The predicted octanol–water partition coefficient (Wildman–Crippen LogP) is 3.88. The maximum Gasteiger partial charge on any atom is 0.119 e. The molecular weight excluding hydrogens is 242 g/mol. The molecule has 0 aromatic heterocycles. The summed E-state index contributed by atoms with van der Waals surface area (Å²) in [5, 5.41) is 4.05. The van der Waals surface area contributed by atoms with Crippen LogP contribution in [-0.4, -0.2) is 24.7 Å². The van der Waals surface area contributed by atoms with E-state index in [-0.39, 0.29) is 0 Å². The molecule has 0 aliphatic carbocycles. The van der Waals surface area contributed by atoms with Crippen molar-refractivity contribution < 1.29 is 4.74 Å². The van der Waals surface area contributed by atoms with Crippen LogP contribution in [0.25, 0.3) is 0 Å². The van der Waals surface area contributed by atoms with E-state index in [9.17, 15) is 0 Å². The van der Waals surface area contributed by atoms with Gasteiger partial charge in [-0.3, -0.25) is 0 Å². The summed E-state index contributed by atoms with van der Waals surface area (Å²) in [5.41, 5.74) is 1.33. The molecule has 0 saturated carbocycles. The highest BCUT2D eigenvalue weighted by molar-refractivity contribution is 7.99. The van der Waals surface area contributed by atoms with Gasteiger partial charge in [0.2, 0.25) is 0 Å². The van der Waals surface area contributed by atoms with E-state index in [0.29, 0.717) is 11.3 Å². The highest BCUT2D eigenvalue weighted by Gasteiger charge is 2.10. The summed E-state index contributed by atoms with van der Waals surface area (Å²) < 4.78 is 5.60. The van der Waals surface area contributed by atoms with Crippen LogP contribution in [0.1, 0.15) is 38.8 Å². The van der Waals surface area contributed by atoms with Crippen LogP contribution in [0, 0.1) is 0 Å². The van der Waals surface area contributed by atoms with Gasteiger partial charge >= 0.3 is 0 Å². The first-order valence-corrected chi connectivity index (χ1v) is 7.73. The number of rotatable bonds is 8. The van der Waals surface area contributed by atoms with Crippen LogP contribution in [0.5, 0.6) is 5.75 Å². The molecule has 0 fully saturated rings. The zero-order valence-corrected chi connectivity index (χ0v) is 12.7. The molecule has 1 aromatic rings. The Hall–Kier alpha value is -0.670. The SMILES string of the molecule is CCCOc1ccc(C(CSC(C)C)NC)cc1. The van der Waals surface area contributed by atoms with Crippen LogP contribution in [0.15, 0.2) is 24.3 Å². The minimum atomic E-state index is 0.414. The summed E-state index contributed by atoms with van der Waals surface area (Å²) in [4.78, 5) is 0. The Bertz CT molecular complexity index is 324. The molecule has 0 amide bonds. The van der Waals surface area contributed by atoms with Crippen molar-refractivity contribution >= 4 is 11.8 Å². The van der Waals surface area contributed by atoms with Crippen molar-refractivity contribution in [2.24, 2.45) is 0 Å². The van der Waals surface area contributed by atoms with Gasteiger partial charge < -0.3 is 10.1 Å². The Labute approximate surface area is 116 Å². The fourth-order valence-corrected chi connectivity index (χ4v) is 2.59. The molecule has 0 saturated heterocycles. The molecule has 0 radical (unpaired) electrons. The number of thioether (sulfide) groups is 1. The lowest BCUT2D eigenvalue weighted by Gasteiger charge is -2.18. The summed E-state index contributed by atoms with van der Waals surface area (Å²) in [6, 6.07) is 8.86. The lowest BCUT2D eigenvalue weighted by Crippen LogP contribution is -2.19. The van der Waals surface area contributed by atoms with Gasteiger partial charge in [-0.15, -0.1) is 0 Å². The van der Waals surface area contributed by atoms with Crippen LogP contribution in [0.4, 0.5) is 0 Å². The number of ether oxygens (including phenoxy) is 1. The summed E-state index contributed by atoms with van der Waals surface area (Å²) >= 11 is 1.98. The molecule has 0 bridgehead atoms. The predicted molar refractivity (Wildman–Crippen MR) is 81.6 cm³/mol. The van der Waals surface area contributed by atoms with Gasteiger partial charge in [-0.25, -0.2) is 0 Å². The number of hydrogen-bond donors (Lipinski definition) is 1. The molecule has 1 aromatic carbocycles. The second-order valence-electron chi connectivity index (χ2n) is 4.64. The van der Waals surface area contributed by atoms with E-state index >= 15 is 0 Å². The van der Waals surface area contributed by atoms with Gasteiger partial charge in [-0.05, 0) is 36.4 Å². The molecular formula is C15H25NOS. The highest BCUT2D eigenvalue weighted by atomic mass is 32.2. The van der Waals surface area contributed by atoms with E-state index in [1.54, 1.807) is 0 Å².